The van der Waals surface area contributed by atoms with Gasteiger partial charge >= 0.3 is 0 Å². The third kappa shape index (κ3) is 3.06. The maximum Gasteiger partial charge on any atom is 0.231 e. The average molecular weight is 349 g/mol. The molecule has 0 fully saturated rings. The maximum atomic E-state index is 6.25. The van der Waals surface area contributed by atoms with Crippen LogP contribution in [-0.4, -0.2) is 16.8 Å². The molecule has 1 aromatic heterocycles. The van der Waals surface area contributed by atoms with Crippen molar-refractivity contribution in [2.45, 2.75) is 13.8 Å². The molecule has 0 spiro atoms. The zero-order chi connectivity index (χ0) is 18.1. The number of ether oxygens (including phenoxy) is 2. The second-order valence-corrected chi connectivity index (χ2v) is 6.10. The van der Waals surface area contributed by atoms with Gasteiger partial charge in [0.15, 0.2) is 23.1 Å². The van der Waals surface area contributed by atoms with Crippen molar-refractivity contribution in [2.75, 3.05) is 23.2 Å². The number of nitrogens with two attached hydrogens (primary N) is 1. The highest BCUT2D eigenvalue weighted by Crippen LogP contribution is 2.36. The summed E-state index contributed by atoms with van der Waals surface area (Å²) in [5.74, 6) is 2.48. The lowest BCUT2D eigenvalue weighted by molar-refractivity contribution is 0.174. The molecule has 1 aliphatic rings. The van der Waals surface area contributed by atoms with E-state index in [0.717, 1.165) is 17.1 Å². The minimum Gasteiger partial charge on any atom is -0.454 e. The molecule has 2 aromatic carbocycles. The fraction of sp³-hybridized carbons (Fsp3) is 0.158. The van der Waals surface area contributed by atoms with Crippen molar-refractivity contribution in [2.24, 2.45) is 0 Å². The number of fused-ring (bicyclic) bond motifs is 1. The summed E-state index contributed by atoms with van der Waals surface area (Å²) in [6.07, 6.45) is 1.47. The number of benzene rings is 2. The standard InChI is InChI=1S/C19H19N5O2/c1-11-3-4-13(7-12(11)2)23-18-17(20)19(22-9-21-18)24-14-5-6-15-16(8-14)26-10-25-15/h3-9H,10,20H2,1-2H3,(H2,21,22,23,24). The van der Waals surface area contributed by atoms with Crippen molar-refractivity contribution in [3.05, 3.63) is 53.9 Å². The number of nitrogens with one attached hydrogen (secondary N) is 2. The smallest absolute Gasteiger partial charge is 0.231 e. The van der Waals surface area contributed by atoms with Gasteiger partial charge in [-0.15, -0.1) is 0 Å². The molecule has 0 unspecified atom stereocenters. The molecule has 4 rings (SSSR count). The van der Waals surface area contributed by atoms with Crippen LogP contribution in [0.5, 0.6) is 11.5 Å². The highest BCUT2D eigenvalue weighted by Gasteiger charge is 2.15. The summed E-state index contributed by atoms with van der Waals surface area (Å²) in [5.41, 5.74) is 10.8. The summed E-state index contributed by atoms with van der Waals surface area (Å²) in [7, 11) is 0. The monoisotopic (exact) mass is 349 g/mol. The van der Waals surface area contributed by atoms with E-state index in [0.29, 0.717) is 23.1 Å². The van der Waals surface area contributed by atoms with Crippen LogP contribution in [0, 0.1) is 13.8 Å². The molecular formula is C19H19N5O2. The van der Waals surface area contributed by atoms with Gasteiger partial charge in [0.2, 0.25) is 6.79 Å². The van der Waals surface area contributed by atoms with Crippen LogP contribution >= 0.6 is 0 Å². The molecule has 0 atom stereocenters. The Balaban J connectivity index is 1.58. The molecule has 0 saturated heterocycles. The molecule has 26 heavy (non-hydrogen) atoms. The van der Waals surface area contributed by atoms with Gasteiger partial charge in [-0.05, 0) is 49.2 Å². The van der Waals surface area contributed by atoms with E-state index in [1.165, 1.54) is 17.5 Å². The number of nitrogen functional groups attached to an aromatic ring is 1. The molecule has 1 aliphatic heterocycles. The minimum atomic E-state index is 0.235. The molecule has 0 radical (unpaired) electrons. The predicted octanol–water partition coefficient (Wildman–Crippen LogP) is 3.89. The molecule has 4 N–H and O–H groups in total. The summed E-state index contributed by atoms with van der Waals surface area (Å²) in [6.45, 7) is 4.38. The summed E-state index contributed by atoms with van der Waals surface area (Å²) >= 11 is 0. The van der Waals surface area contributed by atoms with Crippen LogP contribution in [0.1, 0.15) is 11.1 Å². The highest BCUT2D eigenvalue weighted by atomic mass is 16.7. The quantitative estimate of drug-likeness (QED) is 0.658. The van der Waals surface area contributed by atoms with Crippen LogP contribution in [-0.2, 0) is 0 Å². The minimum absolute atomic E-state index is 0.235. The average Bonchev–Trinajstić information content (AvgIpc) is 3.09. The number of hydrogen-bond acceptors (Lipinski definition) is 7. The predicted molar refractivity (Wildman–Crippen MR) is 101 cm³/mol. The summed E-state index contributed by atoms with van der Waals surface area (Å²) in [4.78, 5) is 8.50. The Bertz CT molecular complexity index is 974. The van der Waals surface area contributed by atoms with Gasteiger partial charge in [0.1, 0.15) is 12.0 Å². The molecule has 0 saturated carbocycles. The molecule has 7 heteroatoms. The Labute approximate surface area is 151 Å². The van der Waals surface area contributed by atoms with Crippen molar-refractivity contribution >= 4 is 28.7 Å². The number of nitrogens with zero attached hydrogens (tertiary/aromatic N) is 2. The fourth-order valence-electron chi connectivity index (χ4n) is 2.66. The number of aromatic nitrogens is 2. The van der Waals surface area contributed by atoms with Crippen molar-refractivity contribution in [3.63, 3.8) is 0 Å². The third-order valence-electron chi connectivity index (χ3n) is 4.29. The Morgan fingerprint density at radius 1 is 0.846 bits per heavy atom. The number of hydrogen-bond donors (Lipinski definition) is 3. The van der Waals surface area contributed by atoms with Gasteiger partial charge < -0.3 is 25.8 Å². The van der Waals surface area contributed by atoms with Gasteiger partial charge in [-0.1, -0.05) is 6.07 Å². The van der Waals surface area contributed by atoms with Crippen molar-refractivity contribution < 1.29 is 9.47 Å². The second-order valence-electron chi connectivity index (χ2n) is 6.10. The topological polar surface area (TPSA) is 94.3 Å². The van der Waals surface area contributed by atoms with Crippen LogP contribution in [0.15, 0.2) is 42.7 Å². The Hall–Kier alpha value is -3.48. The van der Waals surface area contributed by atoms with Gasteiger partial charge in [-0.3, -0.25) is 0 Å². The first kappa shape index (κ1) is 16.0. The molecular weight excluding hydrogens is 330 g/mol. The first-order valence-electron chi connectivity index (χ1n) is 8.21. The Morgan fingerprint density at radius 3 is 2.23 bits per heavy atom. The van der Waals surface area contributed by atoms with E-state index in [1.54, 1.807) is 0 Å². The number of aryl methyl sites for hydroxylation is 2. The third-order valence-corrected chi connectivity index (χ3v) is 4.29. The van der Waals surface area contributed by atoms with Crippen LogP contribution in [0.2, 0.25) is 0 Å². The molecule has 0 amide bonds. The molecule has 7 nitrogen and oxygen atoms in total. The lowest BCUT2D eigenvalue weighted by Crippen LogP contribution is -2.05. The van der Waals surface area contributed by atoms with Gasteiger partial charge in [-0.2, -0.15) is 0 Å². The zero-order valence-corrected chi connectivity index (χ0v) is 14.5. The summed E-state index contributed by atoms with van der Waals surface area (Å²) in [5, 5.41) is 6.44. The van der Waals surface area contributed by atoms with E-state index in [2.05, 4.69) is 46.6 Å². The van der Waals surface area contributed by atoms with Crippen LogP contribution < -0.4 is 25.8 Å². The van der Waals surface area contributed by atoms with Crippen molar-refractivity contribution in [1.82, 2.24) is 9.97 Å². The van der Waals surface area contributed by atoms with Crippen LogP contribution in [0.4, 0.5) is 28.7 Å². The van der Waals surface area contributed by atoms with Gasteiger partial charge in [0.25, 0.3) is 0 Å². The SMILES string of the molecule is Cc1ccc(Nc2ncnc(Nc3ccc4c(c3)OCO4)c2N)cc1C. The summed E-state index contributed by atoms with van der Waals surface area (Å²) < 4.78 is 10.7. The number of anilines is 5. The lowest BCUT2D eigenvalue weighted by atomic mass is 10.1. The van der Waals surface area contributed by atoms with Crippen LogP contribution in [0.25, 0.3) is 0 Å². The molecule has 132 valence electrons. The largest absolute Gasteiger partial charge is 0.454 e. The second kappa shape index (κ2) is 6.44. The Morgan fingerprint density at radius 2 is 1.50 bits per heavy atom. The number of rotatable bonds is 4. The first-order valence-corrected chi connectivity index (χ1v) is 8.21. The van der Waals surface area contributed by atoms with Gasteiger partial charge in [-0.25, -0.2) is 9.97 Å². The molecule has 0 aliphatic carbocycles. The van der Waals surface area contributed by atoms with Gasteiger partial charge in [0.05, 0.1) is 0 Å². The fourth-order valence-corrected chi connectivity index (χ4v) is 2.66. The van der Waals surface area contributed by atoms with E-state index < -0.39 is 0 Å². The first-order chi connectivity index (χ1) is 12.6. The van der Waals surface area contributed by atoms with E-state index in [9.17, 15) is 0 Å². The van der Waals surface area contributed by atoms with E-state index in [-0.39, 0.29) is 6.79 Å². The van der Waals surface area contributed by atoms with E-state index in [1.807, 2.05) is 24.3 Å². The molecule has 2 heterocycles. The van der Waals surface area contributed by atoms with E-state index in [4.69, 9.17) is 15.2 Å². The normalized spacial score (nSPS) is 12.1. The van der Waals surface area contributed by atoms with Crippen molar-refractivity contribution in [1.29, 1.82) is 0 Å². The van der Waals surface area contributed by atoms with E-state index >= 15 is 0 Å². The van der Waals surface area contributed by atoms with Crippen LogP contribution in [0.3, 0.4) is 0 Å². The lowest BCUT2D eigenvalue weighted by Gasteiger charge is -2.13. The van der Waals surface area contributed by atoms with Gasteiger partial charge in [0, 0.05) is 17.4 Å². The summed E-state index contributed by atoms with van der Waals surface area (Å²) in [6, 6.07) is 11.7. The zero-order valence-electron chi connectivity index (χ0n) is 14.5. The molecule has 0 bridgehead atoms. The Kier molecular flexibility index (Phi) is 3.96. The van der Waals surface area contributed by atoms with Crippen molar-refractivity contribution in [3.8, 4) is 11.5 Å². The highest BCUT2D eigenvalue weighted by molar-refractivity contribution is 5.80. The molecule has 3 aromatic rings. The maximum absolute atomic E-state index is 6.25.